The lowest BCUT2D eigenvalue weighted by Gasteiger charge is -2.59. The molecule has 4 aliphatic carbocycles. The summed E-state index contributed by atoms with van der Waals surface area (Å²) in [4.78, 5) is 47.3. The predicted molar refractivity (Wildman–Crippen MR) is 59.3 cm³/mol. The smallest absolute Gasteiger partial charge is 0.318 e. The molecular formula is C14H10O6. The minimum atomic E-state index is -0.487. The van der Waals surface area contributed by atoms with Gasteiger partial charge >= 0.3 is 23.9 Å². The summed E-state index contributed by atoms with van der Waals surface area (Å²) < 4.78 is 9.50. The van der Waals surface area contributed by atoms with E-state index in [0.29, 0.717) is 0 Å². The van der Waals surface area contributed by atoms with Crippen LogP contribution in [0.2, 0.25) is 0 Å². The molecule has 6 heteroatoms. The van der Waals surface area contributed by atoms with Gasteiger partial charge in [-0.3, -0.25) is 19.2 Å². The number of hydrogen-bond donors (Lipinski definition) is 0. The number of carbonyl (C=O) groups is 4. The molecular weight excluding hydrogens is 264 g/mol. The zero-order valence-corrected chi connectivity index (χ0v) is 10.2. The number of esters is 4. The third kappa shape index (κ3) is 0.910. The highest BCUT2D eigenvalue weighted by molar-refractivity contribution is 6.01. The van der Waals surface area contributed by atoms with Crippen molar-refractivity contribution >= 4 is 23.9 Å². The van der Waals surface area contributed by atoms with Crippen LogP contribution < -0.4 is 0 Å². The van der Waals surface area contributed by atoms with Gasteiger partial charge in [-0.25, -0.2) is 0 Å². The molecule has 4 fully saturated rings. The van der Waals surface area contributed by atoms with E-state index in [1.54, 1.807) is 0 Å². The van der Waals surface area contributed by atoms with Gasteiger partial charge in [-0.05, 0) is 23.7 Å². The lowest BCUT2D eigenvalue weighted by molar-refractivity contribution is -0.166. The molecule has 102 valence electrons. The van der Waals surface area contributed by atoms with Gasteiger partial charge in [-0.15, -0.1) is 0 Å². The molecule has 2 saturated carbocycles. The second kappa shape index (κ2) is 3.02. The van der Waals surface area contributed by atoms with Gasteiger partial charge in [-0.1, -0.05) is 12.2 Å². The largest absolute Gasteiger partial charge is 0.393 e. The van der Waals surface area contributed by atoms with E-state index in [1.165, 1.54) is 0 Å². The molecule has 6 aliphatic rings. The number of cyclic esters (lactones) is 4. The van der Waals surface area contributed by atoms with E-state index >= 15 is 0 Å². The Labute approximate surface area is 113 Å². The van der Waals surface area contributed by atoms with E-state index in [-0.39, 0.29) is 23.7 Å². The summed E-state index contributed by atoms with van der Waals surface area (Å²) in [5.41, 5.74) is 0. The van der Waals surface area contributed by atoms with E-state index in [4.69, 9.17) is 9.47 Å². The Hall–Kier alpha value is -1.98. The SMILES string of the molecule is O=C1OC(=O)[C@H]2[C@H]3C=C[C@H]([C@@H]12)[C@@H]1[C@H]2C(=O)OC(=O)[C@H]2[C@H]31. The summed E-state index contributed by atoms with van der Waals surface area (Å²) in [6.45, 7) is 0. The van der Waals surface area contributed by atoms with E-state index in [1.807, 2.05) is 12.2 Å². The molecule has 0 aromatic carbocycles. The van der Waals surface area contributed by atoms with Crippen molar-refractivity contribution in [2.24, 2.45) is 47.3 Å². The minimum absolute atomic E-state index is 0.0614. The van der Waals surface area contributed by atoms with Crippen molar-refractivity contribution < 1.29 is 28.7 Å². The molecule has 0 aromatic rings. The van der Waals surface area contributed by atoms with E-state index in [2.05, 4.69) is 0 Å². The van der Waals surface area contributed by atoms with Crippen LogP contribution in [-0.2, 0) is 28.7 Å². The Morgan fingerprint density at radius 2 is 0.950 bits per heavy atom. The normalized spacial score (nSPS) is 54.0. The van der Waals surface area contributed by atoms with Crippen LogP contribution in [0.3, 0.4) is 0 Å². The molecule has 2 bridgehead atoms. The van der Waals surface area contributed by atoms with Crippen molar-refractivity contribution in [2.75, 3.05) is 0 Å². The first-order valence-corrected chi connectivity index (χ1v) is 6.79. The van der Waals surface area contributed by atoms with Gasteiger partial charge in [-0.2, -0.15) is 0 Å². The van der Waals surface area contributed by atoms with Crippen molar-refractivity contribution in [3.05, 3.63) is 12.2 Å². The van der Waals surface area contributed by atoms with Crippen LogP contribution in [0.4, 0.5) is 0 Å². The Bertz CT molecular complexity index is 582. The number of carbonyl (C=O) groups excluding carboxylic acids is 4. The molecule has 20 heavy (non-hydrogen) atoms. The van der Waals surface area contributed by atoms with Crippen molar-refractivity contribution in [1.82, 2.24) is 0 Å². The fourth-order valence-electron chi connectivity index (χ4n) is 5.20. The lowest BCUT2D eigenvalue weighted by atomic mass is 9.40. The van der Waals surface area contributed by atoms with E-state index < -0.39 is 47.5 Å². The number of hydrogen-bond acceptors (Lipinski definition) is 6. The molecule has 6 nitrogen and oxygen atoms in total. The van der Waals surface area contributed by atoms with Crippen LogP contribution in [0.5, 0.6) is 0 Å². The van der Waals surface area contributed by atoms with Crippen LogP contribution in [-0.4, -0.2) is 23.9 Å². The van der Waals surface area contributed by atoms with Crippen LogP contribution >= 0.6 is 0 Å². The van der Waals surface area contributed by atoms with Crippen molar-refractivity contribution in [3.63, 3.8) is 0 Å². The second-order valence-electron chi connectivity index (χ2n) is 6.28. The molecule has 2 saturated heterocycles. The maximum atomic E-state index is 11.9. The molecule has 8 atom stereocenters. The average Bonchev–Trinajstić information content (AvgIpc) is 2.78. The fourth-order valence-corrected chi connectivity index (χ4v) is 5.20. The summed E-state index contributed by atoms with van der Waals surface area (Å²) in [6.07, 6.45) is 3.83. The third-order valence-electron chi connectivity index (χ3n) is 5.81. The average molecular weight is 274 g/mol. The Morgan fingerprint density at radius 3 is 1.35 bits per heavy atom. The number of allylic oxidation sites excluding steroid dienone is 2. The molecule has 0 aromatic heterocycles. The summed E-state index contributed by atoms with van der Waals surface area (Å²) in [7, 11) is 0. The molecule has 0 spiro atoms. The van der Waals surface area contributed by atoms with E-state index in [0.717, 1.165) is 0 Å². The van der Waals surface area contributed by atoms with Gasteiger partial charge < -0.3 is 9.47 Å². The van der Waals surface area contributed by atoms with Gasteiger partial charge in [0.05, 0.1) is 23.7 Å². The standard InChI is InChI=1S/C14H10O6/c15-11-7-3-1-2-4(8(7)12(16)19-11)6-5(3)9-10(6)14(18)20-13(9)17/h1-10H/t3-,4-,5-,6+,7+,8-,9+,10-/m0/s1. The minimum Gasteiger partial charge on any atom is -0.393 e. The number of rotatable bonds is 0. The molecule has 0 unspecified atom stereocenters. The van der Waals surface area contributed by atoms with Crippen LogP contribution in [0.1, 0.15) is 0 Å². The maximum absolute atomic E-state index is 11.9. The van der Waals surface area contributed by atoms with Crippen molar-refractivity contribution in [3.8, 4) is 0 Å². The highest BCUT2D eigenvalue weighted by Crippen LogP contribution is 2.67. The monoisotopic (exact) mass is 274 g/mol. The van der Waals surface area contributed by atoms with Crippen LogP contribution in [0.25, 0.3) is 0 Å². The topological polar surface area (TPSA) is 86.7 Å². The summed E-state index contributed by atoms with van der Waals surface area (Å²) in [5.74, 6) is -4.26. The summed E-state index contributed by atoms with van der Waals surface area (Å²) >= 11 is 0. The highest BCUT2D eigenvalue weighted by atomic mass is 16.6. The first-order valence-electron chi connectivity index (χ1n) is 6.79. The quantitative estimate of drug-likeness (QED) is 0.342. The number of ether oxygens (including phenoxy) is 2. The Kier molecular flexibility index (Phi) is 1.63. The zero-order chi connectivity index (χ0) is 13.8. The van der Waals surface area contributed by atoms with Crippen LogP contribution in [0.15, 0.2) is 12.2 Å². The second-order valence-corrected chi connectivity index (χ2v) is 6.28. The Morgan fingerprint density at radius 1 is 0.600 bits per heavy atom. The molecule has 0 N–H and O–H groups in total. The summed E-state index contributed by atoms with van der Waals surface area (Å²) in [6, 6.07) is 0. The first-order chi connectivity index (χ1) is 9.59. The van der Waals surface area contributed by atoms with Gasteiger partial charge in [0.25, 0.3) is 0 Å². The van der Waals surface area contributed by atoms with Crippen molar-refractivity contribution in [1.29, 1.82) is 0 Å². The highest BCUT2D eigenvalue weighted by Gasteiger charge is 2.74. The van der Waals surface area contributed by atoms with Gasteiger partial charge in [0.15, 0.2) is 0 Å². The number of fused-ring (bicyclic) bond motifs is 1. The molecule has 0 amide bonds. The Balaban J connectivity index is 1.63. The third-order valence-corrected chi connectivity index (χ3v) is 5.81. The lowest BCUT2D eigenvalue weighted by Crippen LogP contribution is -2.63. The molecule has 2 aliphatic heterocycles. The van der Waals surface area contributed by atoms with Gasteiger partial charge in [0, 0.05) is 0 Å². The fraction of sp³-hybridized carbons (Fsp3) is 0.571. The van der Waals surface area contributed by atoms with Gasteiger partial charge in [0.1, 0.15) is 0 Å². The summed E-state index contributed by atoms with van der Waals surface area (Å²) in [5, 5.41) is 0. The van der Waals surface area contributed by atoms with E-state index in [9.17, 15) is 19.2 Å². The molecule has 2 heterocycles. The predicted octanol–water partition coefficient (Wildman–Crippen LogP) is -0.320. The van der Waals surface area contributed by atoms with Crippen LogP contribution in [0, 0.1) is 47.3 Å². The zero-order valence-electron chi connectivity index (χ0n) is 10.2. The van der Waals surface area contributed by atoms with Crippen molar-refractivity contribution in [2.45, 2.75) is 0 Å². The molecule has 0 radical (unpaired) electrons. The first kappa shape index (κ1) is 10.8. The molecule has 6 rings (SSSR count). The maximum Gasteiger partial charge on any atom is 0.318 e. The van der Waals surface area contributed by atoms with Gasteiger partial charge in [0.2, 0.25) is 0 Å².